The summed E-state index contributed by atoms with van der Waals surface area (Å²) in [6.07, 6.45) is 4.16. The maximum Gasteiger partial charge on any atom is 0.267 e. The summed E-state index contributed by atoms with van der Waals surface area (Å²) in [6.45, 7) is 7.80. The molecule has 2 N–H and O–H groups in total. The fourth-order valence-corrected chi connectivity index (χ4v) is 4.18. The molecule has 3 aliphatic rings. The third kappa shape index (κ3) is 4.80. The van der Waals surface area contributed by atoms with Gasteiger partial charge in [0.15, 0.2) is 6.10 Å². The third-order valence-electron chi connectivity index (χ3n) is 5.85. The van der Waals surface area contributed by atoms with Gasteiger partial charge in [0.2, 0.25) is 5.91 Å². The maximum absolute atomic E-state index is 11.8. The lowest BCUT2D eigenvalue weighted by Crippen LogP contribution is -2.47. The summed E-state index contributed by atoms with van der Waals surface area (Å²) in [4.78, 5) is 32.5. The van der Waals surface area contributed by atoms with Gasteiger partial charge in [-0.3, -0.25) is 14.9 Å². The zero-order valence-electron chi connectivity index (χ0n) is 16.2. The van der Waals surface area contributed by atoms with Crippen LogP contribution in [0.3, 0.4) is 0 Å². The highest BCUT2D eigenvalue weighted by Crippen LogP contribution is 2.24. The van der Waals surface area contributed by atoms with Crippen molar-refractivity contribution in [2.24, 2.45) is 5.92 Å². The second-order valence-electron chi connectivity index (χ2n) is 7.89. The summed E-state index contributed by atoms with van der Waals surface area (Å²) in [7, 11) is 0. The van der Waals surface area contributed by atoms with Gasteiger partial charge in [-0.1, -0.05) is 0 Å². The number of amides is 2. The molecule has 1 unspecified atom stereocenters. The topological polar surface area (TPSA) is 86.8 Å². The van der Waals surface area contributed by atoms with Crippen molar-refractivity contribution >= 4 is 17.6 Å². The number of pyridine rings is 1. The SMILES string of the molecule is O=C1CCC(Oc2ccc(N3CCC(CN4CCNCC4)CC3)nc2)C(=O)N1. The molecule has 3 saturated heterocycles. The highest BCUT2D eigenvalue weighted by molar-refractivity contribution is 5.99. The molecule has 1 aromatic heterocycles. The Bertz CT molecular complexity index is 682. The van der Waals surface area contributed by atoms with E-state index in [4.69, 9.17) is 4.74 Å². The van der Waals surface area contributed by atoms with E-state index in [1.807, 2.05) is 12.1 Å². The van der Waals surface area contributed by atoms with Gasteiger partial charge in [0.25, 0.3) is 5.91 Å². The van der Waals surface area contributed by atoms with Crippen LogP contribution in [0, 0.1) is 5.92 Å². The maximum atomic E-state index is 11.8. The second-order valence-corrected chi connectivity index (χ2v) is 7.89. The van der Waals surface area contributed by atoms with Crippen LogP contribution in [0.15, 0.2) is 18.3 Å². The first-order chi connectivity index (χ1) is 13.7. The normalized spacial score (nSPS) is 24.9. The lowest BCUT2D eigenvalue weighted by atomic mass is 9.96. The Morgan fingerprint density at radius 3 is 2.54 bits per heavy atom. The van der Waals surface area contributed by atoms with Crippen LogP contribution in [0.25, 0.3) is 0 Å². The molecular weight excluding hydrogens is 358 g/mol. The van der Waals surface area contributed by atoms with E-state index in [1.54, 1.807) is 6.20 Å². The molecule has 28 heavy (non-hydrogen) atoms. The van der Waals surface area contributed by atoms with Gasteiger partial charge < -0.3 is 19.9 Å². The van der Waals surface area contributed by atoms with Crippen LogP contribution in [0.2, 0.25) is 0 Å². The van der Waals surface area contributed by atoms with Crippen molar-refractivity contribution in [1.29, 1.82) is 0 Å². The summed E-state index contributed by atoms with van der Waals surface area (Å²) < 4.78 is 5.70. The zero-order chi connectivity index (χ0) is 19.3. The highest BCUT2D eigenvalue weighted by Gasteiger charge is 2.28. The van der Waals surface area contributed by atoms with E-state index in [0.717, 1.165) is 51.0 Å². The first kappa shape index (κ1) is 19.1. The van der Waals surface area contributed by atoms with Crippen LogP contribution in [-0.4, -0.2) is 73.6 Å². The van der Waals surface area contributed by atoms with E-state index in [1.165, 1.54) is 19.4 Å². The number of hydrogen-bond donors (Lipinski definition) is 2. The number of piperazine rings is 1. The monoisotopic (exact) mass is 387 g/mol. The Kier molecular flexibility index (Phi) is 6.07. The number of carbonyl (C=O) groups is 2. The first-order valence-corrected chi connectivity index (χ1v) is 10.3. The Hall–Kier alpha value is -2.19. The number of rotatable bonds is 5. The molecule has 4 rings (SSSR count). The van der Waals surface area contributed by atoms with E-state index in [9.17, 15) is 9.59 Å². The number of carbonyl (C=O) groups excluding carboxylic acids is 2. The summed E-state index contributed by atoms with van der Waals surface area (Å²) in [5, 5.41) is 5.72. The van der Waals surface area contributed by atoms with Crippen molar-refractivity contribution in [2.75, 3.05) is 50.7 Å². The largest absolute Gasteiger partial charge is 0.479 e. The van der Waals surface area contributed by atoms with Gasteiger partial charge in [0, 0.05) is 58.7 Å². The van der Waals surface area contributed by atoms with Crippen LogP contribution in [0.4, 0.5) is 5.82 Å². The first-order valence-electron chi connectivity index (χ1n) is 10.3. The molecular formula is C20H29N5O3. The quantitative estimate of drug-likeness (QED) is 0.707. The van der Waals surface area contributed by atoms with E-state index in [-0.39, 0.29) is 11.8 Å². The molecule has 0 aromatic carbocycles. The third-order valence-corrected chi connectivity index (χ3v) is 5.85. The molecule has 8 heteroatoms. The Labute approximate surface area is 165 Å². The van der Waals surface area contributed by atoms with Crippen molar-refractivity contribution in [3.05, 3.63) is 18.3 Å². The van der Waals surface area contributed by atoms with Gasteiger partial charge in [-0.15, -0.1) is 0 Å². The number of anilines is 1. The summed E-state index contributed by atoms with van der Waals surface area (Å²) in [5.41, 5.74) is 0. The van der Waals surface area contributed by atoms with Crippen LogP contribution in [-0.2, 0) is 9.59 Å². The lowest BCUT2D eigenvalue weighted by molar-refractivity contribution is -0.138. The van der Waals surface area contributed by atoms with Crippen molar-refractivity contribution in [3.63, 3.8) is 0 Å². The predicted octanol–water partition coefficient (Wildman–Crippen LogP) is 0.387. The molecule has 0 bridgehead atoms. The van der Waals surface area contributed by atoms with Crippen LogP contribution in [0.5, 0.6) is 5.75 Å². The fourth-order valence-electron chi connectivity index (χ4n) is 4.18. The lowest BCUT2D eigenvalue weighted by Gasteiger charge is -2.36. The number of hydrogen-bond acceptors (Lipinski definition) is 7. The van der Waals surface area contributed by atoms with Gasteiger partial charge in [-0.05, 0) is 30.9 Å². The number of ether oxygens (including phenoxy) is 1. The molecule has 3 aliphatic heterocycles. The highest BCUT2D eigenvalue weighted by atomic mass is 16.5. The molecule has 152 valence electrons. The summed E-state index contributed by atoms with van der Waals surface area (Å²) in [6, 6.07) is 3.82. The predicted molar refractivity (Wildman–Crippen MR) is 105 cm³/mol. The van der Waals surface area contributed by atoms with E-state index in [0.29, 0.717) is 18.6 Å². The zero-order valence-corrected chi connectivity index (χ0v) is 16.2. The van der Waals surface area contributed by atoms with Gasteiger partial charge in [0.1, 0.15) is 11.6 Å². The summed E-state index contributed by atoms with van der Waals surface area (Å²) in [5.74, 6) is 1.68. The molecule has 0 spiro atoms. The molecule has 1 atom stereocenters. The minimum Gasteiger partial charge on any atom is -0.479 e. The molecule has 0 aliphatic carbocycles. The van der Waals surface area contributed by atoms with Gasteiger partial charge in [-0.2, -0.15) is 0 Å². The van der Waals surface area contributed by atoms with Crippen LogP contribution in [0.1, 0.15) is 25.7 Å². The number of aromatic nitrogens is 1. The average molecular weight is 387 g/mol. The molecule has 2 amide bonds. The summed E-state index contributed by atoms with van der Waals surface area (Å²) >= 11 is 0. The smallest absolute Gasteiger partial charge is 0.267 e. The molecule has 0 saturated carbocycles. The van der Waals surface area contributed by atoms with Gasteiger partial charge in [0.05, 0.1) is 6.20 Å². The number of piperidine rings is 2. The van der Waals surface area contributed by atoms with Crippen molar-refractivity contribution in [1.82, 2.24) is 20.5 Å². The Morgan fingerprint density at radius 1 is 1.07 bits per heavy atom. The number of imide groups is 1. The van der Waals surface area contributed by atoms with Gasteiger partial charge in [-0.25, -0.2) is 4.98 Å². The minimum absolute atomic E-state index is 0.237. The Balaban J connectivity index is 1.25. The van der Waals surface area contributed by atoms with E-state index >= 15 is 0 Å². The fraction of sp³-hybridized carbons (Fsp3) is 0.650. The van der Waals surface area contributed by atoms with Crippen molar-refractivity contribution in [3.8, 4) is 5.75 Å². The van der Waals surface area contributed by atoms with Crippen LogP contribution < -0.4 is 20.3 Å². The van der Waals surface area contributed by atoms with Crippen molar-refractivity contribution < 1.29 is 14.3 Å². The number of nitrogens with one attached hydrogen (secondary N) is 2. The minimum atomic E-state index is -0.619. The standard InChI is InChI=1S/C20H29N5O3/c26-19-4-2-17(20(27)23-19)28-16-1-3-18(22-13-16)25-9-5-15(6-10-25)14-24-11-7-21-8-12-24/h1,3,13,15,17,21H,2,4-12,14H2,(H,23,26,27). The van der Waals surface area contributed by atoms with Crippen LogP contribution >= 0.6 is 0 Å². The Morgan fingerprint density at radius 2 is 1.86 bits per heavy atom. The molecule has 8 nitrogen and oxygen atoms in total. The van der Waals surface area contributed by atoms with E-state index in [2.05, 4.69) is 25.4 Å². The molecule has 4 heterocycles. The van der Waals surface area contributed by atoms with Gasteiger partial charge >= 0.3 is 0 Å². The molecule has 1 aromatic rings. The van der Waals surface area contributed by atoms with E-state index < -0.39 is 6.10 Å². The second kappa shape index (κ2) is 8.87. The number of nitrogens with zero attached hydrogens (tertiary/aromatic N) is 3. The average Bonchev–Trinajstić information content (AvgIpc) is 2.72. The van der Waals surface area contributed by atoms with Crippen molar-refractivity contribution in [2.45, 2.75) is 31.8 Å². The molecule has 0 radical (unpaired) electrons. The molecule has 3 fully saturated rings.